The first-order valence-corrected chi connectivity index (χ1v) is 6.91. The van der Waals surface area contributed by atoms with Crippen LogP contribution in [0.5, 0.6) is 0 Å². The van der Waals surface area contributed by atoms with E-state index in [0.29, 0.717) is 17.0 Å². The Kier molecular flexibility index (Phi) is 6.20. The number of carbonyl (C=O) groups excluding carboxylic acids is 1. The van der Waals surface area contributed by atoms with E-state index >= 15 is 0 Å². The number of hydrogen-bond donors (Lipinski definition) is 1. The molecule has 1 heterocycles. The van der Waals surface area contributed by atoms with Crippen molar-refractivity contribution < 1.29 is 4.79 Å². The summed E-state index contributed by atoms with van der Waals surface area (Å²) < 4.78 is 0. The van der Waals surface area contributed by atoms with Gasteiger partial charge in [0.05, 0.1) is 17.7 Å². The van der Waals surface area contributed by atoms with Crippen molar-refractivity contribution in [3.63, 3.8) is 0 Å². The average molecular weight is 273 g/mol. The van der Waals surface area contributed by atoms with Gasteiger partial charge in [-0.3, -0.25) is 9.78 Å². The molecule has 1 amide bonds. The Hall–Kier alpha value is -1.86. The summed E-state index contributed by atoms with van der Waals surface area (Å²) in [5.41, 5.74) is 6.62. The van der Waals surface area contributed by atoms with Crippen LogP contribution in [-0.2, 0) is 0 Å². The van der Waals surface area contributed by atoms with Crippen LogP contribution < -0.4 is 5.73 Å². The van der Waals surface area contributed by atoms with Crippen molar-refractivity contribution in [3.8, 4) is 11.8 Å². The number of rotatable bonds is 4. The zero-order valence-electron chi connectivity index (χ0n) is 12.7. The monoisotopic (exact) mass is 273 g/mol. The number of nitrogens with zero attached hydrogens (tertiary/aromatic N) is 2. The van der Waals surface area contributed by atoms with Crippen LogP contribution in [-0.4, -0.2) is 34.9 Å². The fourth-order valence-corrected chi connectivity index (χ4v) is 1.90. The van der Waals surface area contributed by atoms with E-state index in [0.717, 1.165) is 6.54 Å². The van der Waals surface area contributed by atoms with Crippen LogP contribution in [0.25, 0.3) is 0 Å². The summed E-state index contributed by atoms with van der Waals surface area (Å²) in [6, 6.07) is 1.87. The molecule has 0 bridgehead atoms. The molecule has 0 aromatic carbocycles. The van der Waals surface area contributed by atoms with Gasteiger partial charge in [0.15, 0.2) is 0 Å². The van der Waals surface area contributed by atoms with Crippen LogP contribution in [0.2, 0.25) is 0 Å². The minimum Gasteiger partial charge on any atom is -0.336 e. The number of carbonyl (C=O) groups is 1. The van der Waals surface area contributed by atoms with Gasteiger partial charge in [0.2, 0.25) is 0 Å². The van der Waals surface area contributed by atoms with E-state index in [9.17, 15) is 4.79 Å². The third-order valence-corrected chi connectivity index (χ3v) is 2.82. The molecule has 0 unspecified atom stereocenters. The molecule has 0 spiro atoms. The largest absolute Gasteiger partial charge is 0.336 e. The quantitative estimate of drug-likeness (QED) is 0.852. The Bertz CT molecular complexity index is 512. The third kappa shape index (κ3) is 4.36. The topological polar surface area (TPSA) is 59.2 Å². The molecule has 0 aliphatic rings. The maximum Gasteiger partial charge on any atom is 0.255 e. The lowest BCUT2D eigenvalue weighted by atomic mass is 10.1. The normalized spacial score (nSPS) is 10.3. The maximum absolute atomic E-state index is 12.7. The number of amides is 1. The fraction of sp³-hybridized carbons (Fsp3) is 0.500. The lowest BCUT2D eigenvalue weighted by Crippen LogP contribution is -2.39. The molecule has 4 nitrogen and oxygen atoms in total. The summed E-state index contributed by atoms with van der Waals surface area (Å²) in [5, 5.41) is 0. The van der Waals surface area contributed by atoms with Crippen LogP contribution in [0.3, 0.4) is 0 Å². The summed E-state index contributed by atoms with van der Waals surface area (Å²) in [4.78, 5) is 18.6. The minimum absolute atomic E-state index is 0.00239. The fourth-order valence-electron chi connectivity index (χ4n) is 1.90. The standard InChI is InChI=1S/C16H23N3O/c1-12(2)11-19(13(3)4)16(20)15-7-9-18-10-14(15)6-5-8-17/h7,9-10,12-13H,8,11,17H2,1-4H3. The second-order valence-electron chi connectivity index (χ2n) is 5.37. The van der Waals surface area contributed by atoms with Gasteiger partial charge in [0.1, 0.15) is 0 Å². The summed E-state index contributed by atoms with van der Waals surface area (Å²) in [5.74, 6) is 6.11. The first-order chi connectivity index (χ1) is 9.47. The second-order valence-corrected chi connectivity index (χ2v) is 5.37. The van der Waals surface area contributed by atoms with Crippen molar-refractivity contribution in [2.75, 3.05) is 13.1 Å². The molecule has 1 rings (SSSR count). The van der Waals surface area contributed by atoms with E-state index in [2.05, 4.69) is 30.7 Å². The van der Waals surface area contributed by atoms with Gasteiger partial charge in [-0.25, -0.2) is 0 Å². The lowest BCUT2D eigenvalue weighted by molar-refractivity contribution is 0.0681. The SMILES string of the molecule is CC(C)CN(C(=O)c1ccncc1C#CCN)C(C)C. The van der Waals surface area contributed by atoms with E-state index in [1.54, 1.807) is 18.5 Å². The van der Waals surface area contributed by atoms with Gasteiger partial charge in [-0.1, -0.05) is 25.7 Å². The highest BCUT2D eigenvalue weighted by molar-refractivity contribution is 5.96. The highest BCUT2D eigenvalue weighted by Gasteiger charge is 2.21. The maximum atomic E-state index is 12.7. The molecule has 4 heteroatoms. The number of hydrogen-bond acceptors (Lipinski definition) is 3. The Morgan fingerprint density at radius 2 is 2.10 bits per heavy atom. The first-order valence-electron chi connectivity index (χ1n) is 6.91. The molecule has 2 N–H and O–H groups in total. The molecule has 0 aliphatic carbocycles. The minimum atomic E-state index is -0.00239. The van der Waals surface area contributed by atoms with E-state index < -0.39 is 0 Å². The van der Waals surface area contributed by atoms with Crippen molar-refractivity contribution in [1.82, 2.24) is 9.88 Å². The summed E-state index contributed by atoms with van der Waals surface area (Å²) >= 11 is 0. The van der Waals surface area contributed by atoms with E-state index in [4.69, 9.17) is 5.73 Å². The summed E-state index contributed by atoms with van der Waals surface area (Å²) in [7, 11) is 0. The Balaban J connectivity index is 3.11. The smallest absolute Gasteiger partial charge is 0.255 e. The summed E-state index contributed by atoms with van der Waals surface area (Å²) in [6.07, 6.45) is 3.23. The molecule has 1 aromatic heterocycles. The van der Waals surface area contributed by atoms with Gasteiger partial charge in [-0.2, -0.15) is 0 Å². The highest BCUT2D eigenvalue weighted by Crippen LogP contribution is 2.14. The molecular formula is C16H23N3O. The van der Waals surface area contributed by atoms with Gasteiger partial charge < -0.3 is 10.6 Å². The van der Waals surface area contributed by atoms with Crippen molar-refractivity contribution in [2.24, 2.45) is 11.7 Å². The molecule has 0 atom stereocenters. The highest BCUT2D eigenvalue weighted by atomic mass is 16.2. The average Bonchev–Trinajstić information content (AvgIpc) is 2.41. The van der Waals surface area contributed by atoms with Gasteiger partial charge >= 0.3 is 0 Å². The third-order valence-electron chi connectivity index (χ3n) is 2.82. The van der Waals surface area contributed by atoms with Crippen LogP contribution >= 0.6 is 0 Å². The predicted molar refractivity (Wildman–Crippen MR) is 81.2 cm³/mol. The van der Waals surface area contributed by atoms with Gasteiger partial charge in [0.25, 0.3) is 5.91 Å². The molecule has 0 aliphatic heterocycles. The first kappa shape index (κ1) is 16.2. The lowest BCUT2D eigenvalue weighted by Gasteiger charge is -2.28. The number of nitrogens with two attached hydrogens (primary N) is 1. The zero-order valence-corrected chi connectivity index (χ0v) is 12.7. The predicted octanol–water partition coefficient (Wildman–Crippen LogP) is 1.90. The zero-order chi connectivity index (χ0) is 15.1. The molecule has 0 saturated carbocycles. The summed E-state index contributed by atoms with van der Waals surface area (Å²) in [6.45, 7) is 9.24. The van der Waals surface area contributed by atoms with Gasteiger partial charge in [-0.05, 0) is 25.8 Å². The van der Waals surface area contributed by atoms with E-state index in [1.807, 2.05) is 18.7 Å². The molecule has 0 fully saturated rings. The number of aromatic nitrogens is 1. The second kappa shape index (κ2) is 7.66. The van der Waals surface area contributed by atoms with Crippen LogP contribution in [0.1, 0.15) is 43.6 Å². The van der Waals surface area contributed by atoms with Gasteiger partial charge in [0, 0.05) is 25.0 Å². The molecule has 0 saturated heterocycles. The van der Waals surface area contributed by atoms with Crippen molar-refractivity contribution in [3.05, 3.63) is 29.6 Å². The molecule has 108 valence electrons. The van der Waals surface area contributed by atoms with E-state index in [1.165, 1.54) is 0 Å². The van der Waals surface area contributed by atoms with E-state index in [-0.39, 0.29) is 18.5 Å². The Morgan fingerprint density at radius 1 is 1.40 bits per heavy atom. The van der Waals surface area contributed by atoms with Crippen molar-refractivity contribution in [1.29, 1.82) is 0 Å². The van der Waals surface area contributed by atoms with Crippen LogP contribution in [0.15, 0.2) is 18.5 Å². The van der Waals surface area contributed by atoms with Gasteiger partial charge in [-0.15, -0.1) is 0 Å². The molecular weight excluding hydrogens is 250 g/mol. The van der Waals surface area contributed by atoms with Crippen molar-refractivity contribution in [2.45, 2.75) is 33.7 Å². The van der Waals surface area contributed by atoms with Crippen molar-refractivity contribution >= 4 is 5.91 Å². The Morgan fingerprint density at radius 3 is 2.65 bits per heavy atom. The molecule has 20 heavy (non-hydrogen) atoms. The Labute approximate surface area is 121 Å². The molecule has 1 aromatic rings. The number of pyridine rings is 1. The molecule has 0 radical (unpaired) electrons. The van der Waals surface area contributed by atoms with Crippen LogP contribution in [0, 0.1) is 17.8 Å². The van der Waals surface area contributed by atoms with Crippen LogP contribution in [0.4, 0.5) is 0 Å².